The maximum absolute atomic E-state index is 6.04. The Balaban J connectivity index is 1.94. The molecule has 0 aliphatic carbocycles. The van der Waals surface area contributed by atoms with Crippen molar-refractivity contribution in [2.45, 2.75) is 51.0 Å². The zero-order valence-electron chi connectivity index (χ0n) is 12.2. The van der Waals surface area contributed by atoms with Crippen molar-refractivity contribution in [2.75, 3.05) is 19.6 Å². The highest BCUT2D eigenvalue weighted by atomic mass is 15.2. The summed E-state index contributed by atoms with van der Waals surface area (Å²) in [5.74, 6) is 0.595. The lowest BCUT2D eigenvalue weighted by atomic mass is 9.93. The first-order valence-electron chi connectivity index (χ1n) is 7.80. The van der Waals surface area contributed by atoms with Gasteiger partial charge in [-0.1, -0.05) is 50.1 Å². The van der Waals surface area contributed by atoms with Crippen molar-refractivity contribution in [1.29, 1.82) is 0 Å². The first kappa shape index (κ1) is 14.5. The average Bonchev–Trinajstić information content (AvgIpc) is 2.74. The Morgan fingerprint density at radius 2 is 1.68 bits per heavy atom. The summed E-state index contributed by atoms with van der Waals surface area (Å²) in [6.45, 7) is 5.60. The Morgan fingerprint density at radius 1 is 1.05 bits per heavy atom. The van der Waals surface area contributed by atoms with Gasteiger partial charge in [-0.15, -0.1) is 0 Å². The minimum absolute atomic E-state index is 0.549. The maximum Gasteiger partial charge on any atom is 0.0224 e. The molecule has 2 rings (SSSR count). The standard InChI is InChI=1S/C17H28N2/c1-15(16-9-5-4-6-10-16)13-17(14-18)19-11-7-2-3-8-12-19/h4-6,9-10,15,17H,2-3,7-8,11-14,18H2,1H3. The topological polar surface area (TPSA) is 29.3 Å². The molecule has 106 valence electrons. The van der Waals surface area contributed by atoms with E-state index in [1.54, 1.807) is 0 Å². The van der Waals surface area contributed by atoms with Crippen molar-refractivity contribution in [1.82, 2.24) is 4.90 Å². The molecule has 1 aromatic carbocycles. The maximum atomic E-state index is 6.04. The molecule has 0 amide bonds. The molecule has 0 radical (unpaired) electrons. The Labute approximate surface area is 118 Å². The summed E-state index contributed by atoms with van der Waals surface area (Å²) in [5.41, 5.74) is 7.48. The van der Waals surface area contributed by atoms with Crippen LogP contribution in [0.4, 0.5) is 0 Å². The molecular formula is C17H28N2. The van der Waals surface area contributed by atoms with Gasteiger partial charge in [0.05, 0.1) is 0 Å². The number of hydrogen-bond donors (Lipinski definition) is 1. The monoisotopic (exact) mass is 260 g/mol. The smallest absolute Gasteiger partial charge is 0.0224 e. The number of likely N-dealkylation sites (tertiary alicyclic amines) is 1. The second-order valence-electron chi connectivity index (χ2n) is 5.89. The van der Waals surface area contributed by atoms with E-state index in [1.807, 2.05) is 0 Å². The number of hydrogen-bond acceptors (Lipinski definition) is 2. The molecule has 1 heterocycles. The van der Waals surface area contributed by atoms with Crippen LogP contribution >= 0.6 is 0 Å². The van der Waals surface area contributed by atoms with E-state index in [9.17, 15) is 0 Å². The summed E-state index contributed by atoms with van der Waals surface area (Å²) in [7, 11) is 0. The van der Waals surface area contributed by atoms with E-state index in [-0.39, 0.29) is 0 Å². The number of nitrogens with zero attached hydrogens (tertiary/aromatic N) is 1. The molecular weight excluding hydrogens is 232 g/mol. The van der Waals surface area contributed by atoms with Crippen molar-refractivity contribution < 1.29 is 0 Å². The zero-order valence-corrected chi connectivity index (χ0v) is 12.2. The van der Waals surface area contributed by atoms with E-state index in [0.29, 0.717) is 12.0 Å². The van der Waals surface area contributed by atoms with Gasteiger partial charge < -0.3 is 5.73 Å². The third-order valence-corrected chi connectivity index (χ3v) is 4.42. The average molecular weight is 260 g/mol. The molecule has 0 aromatic heterocycles. The van der Waals surface area contributed by atoms with Crippen LogP contribution in [0.3, 0.4) is 0 Å². The molecule has 0 spiro atoms. The molecule has 1 saturated heterocycles. The minimum Gasteiger partial charge on any atom is -0.329 e. The van der Waals surface area contributed by atoms with Crippen LogP contribution in [0.1, 0.15) is 50.5 Å². The van der Waals surface area contributed by atoms with E-state index >= 15 is 0 Å². The molecule has 1 fully saturated rings. The molecule has 1 aliphatic heterocycles. The van der Waals surface area contributed by atoms with Gasteiger partial charge in [-0.2, -0.15) is 0 Å². The molecule has 2 nitrogen and oxygen atoms in total. The molecule has 19 heavy (non-hydrogen) atoms. The summed E-state index contributed by atoms with van der Waals surface area (Å²) < 4.78 is 0. The van der Waals surface area contributed by atoms with Crippen LogP contribution in [0.15, 0.2) is 30.3 Å². The predicted octanol–water partition coefficient (Wildman–Crippen LogP) is 3.38. The third-order valence-electron chi connectivity index (χ3n) is 4.42. The Hall–Kier alpha value is -0.860. The van der Waals surface area contributed by atoms with Crippen LogP contribution in [-0.4, -0.2) is 30.6 Å². The van der Waals surface area contributed by atoms with E-state index < -0.39 is 0 Å². The van der Waals surface area contributed by atoms with Gasteiger partial charge in [0, 0.05) is 12.6 Å². The second kappa shape index (κ2) is 7.66. The Kier molecular flexibility index (Phi) is 5.87. The van der Waals surface area contributed by atoms with Crippen LogP contribution in [0.25, 0.3) is 0 Å². The van der Waals surface area contributed by atoms with Crippen LogP contribution in [0.5, 0.6) is 0 Å². The quantitative estimate of drug-likeness (QED) is 0.879. The van der Waals surface area contributed by atoms with Gasteiger partial charge in [-0.25, -0.2) is 0 Å². The van der Waals surface area contributed by atoms with Gasteiger partial charge >= 0.3 is 0 Å². The van der Waals surface area contributed by atoms with E-state index in [0.717, 1.165) is 6.54 Å². The van der Waals surface area contributed by atoms with Gasteiger partial charge in [-0.3, -0.25) is 4.90 Å². The fourth-order valence-electron chi connectivity index (χ4n) is 3.18. The van der Waals surface area contributed by atoms with Crippen molar-refractivity contribution in [3.05, 3.63) is 35.9 Å². The normalized spacial score (nSPS) is 20.7. The van der Waals surface area contributed by atoms with E-state index in [2.05, 4.69) is 42.2 Å². The third kappa shape index (κ3) is 4.32. The number of nitrogens with two attached hydrogens (primary N) is 1. The summed E-state index contributed by atoms with van der Waals surface area (Å²) in [5, 5.41) is 0. The number of rotatable bonds is 5. The highest BCUT2D eigenvalue weighted by molar-refractivity contribution is 5.18. The summed E-state index contributed by atoms with van der Waals surface area (Å²) >= 11 is 0. The van der Waals surface area contributed by atoms with Gasteiger partial charge in [-0.05, 0) is 43.8 Å². The Bertz CT molecular complexity index is 342. The van der Waals surface area contributed by atoms with Crippen LogP contribution in [-0.2, 0) is 0 Å². The molecule has 1 aromatic rings. The highest BCUT2D eigenvalue weighted by Crippen LogP contribution is 2.23. The summed E-state index contributed by atoms with van der Waals surface area (Å²) in [6, 6.07) is 11.4. The van der Waals surface area contributed by atoms with Gasteiger partial charge in [0.25, 0.3) is 0 Å². The first-order chi connectivity index (χ1) is 9.31. The zero-order chi connectivity index (χ0) is 13.5. The van der Waals surface area contributed by atoms with Gasteiger partial charge in [0.15, 0.2) is 0 Å². The highest BCUT2D eigenvalue weighted by Gasteiger charge is 2.21. The van der Waals surface area contributed by atoms with Crippen molar-refractivity contribution in [2.24, 2.45) is 5.73 Å². The first-order valence-corrected chi connectivity index (χ1v) is 7.80. The molecule has 0 bridgehead atoms. The fourth-order valence-corrected chi connectivity index (χ4v) is 3.18. The fraction of sp³-hybridized carbons (Fsp3) is 0.647. The van der Waals surface area contributed by atoms with Gasteiger partial charge in [0.1, 0.15) is 0 Å². The molecule has 2 unspecified atom stereocenters. The lowest BCUT2D eigenvalue weighted by Gasteiger charge is -2.31. The minimum atomic E-state index is 0.549. The van der Waals surface area contributed by atoms with E-state index in [4.69, 9.17) is 5.73 Å². The van der Waals surface area contributed by atoms with Crippen LogP contribution < -0.4 is 5.73 Å². The molecule has 2 N–H and O–H groups in total. The second-order valence-corrected chi connectivity index (χ2v) is 5.89. The number of benzene rings is 1. The lowest BCUT2D eigenvalue weighted by molar-refractivity contribution is 0.191. The summed E-state index contributed by atoms with van der Waals surface area (Å²) in [6.07, 6.45) is 6.65. The molecule has 2 heteroatoms. The van der Waals surface area contributed by atoms with Crippen LogP contribution in [0, 0.1) is 0 Å². The van der Waals surface area contributed by atoms with Crippen LogP contribution in [0.2, 0.25) is 0 Å². The molecule has 0 saturated carbocycles. The SMILES string of the molecule is CC(CC(CN)N1CCCCCC1)c1ccccc1. The molecule has 1 aliphatic rings. The van der Waals surface area contributed by atoms with Crippen molar-refractivity contribution in [3.63, 3.8) is 0 Å². The molecule has 2 atom stereocenters. The van der Waals surface area contributed by atoms with Gasteiger partial charge in [0.2, 0.25) is 0 Å². The predicted molar refractivity (Wildman–Crippen MR) is 82.4 cm³/mol. The lowest BCUT2D eigenvalue weighted by Crippen LogP contribution is -2.42. The largest absolute Gasteiger partial charge is 0.329 e. The van der Waals surface area contributed by atoms with E-state index in [1.165, 1.54) is 50.8 Å². The van der Waals surface area contributed by atoms with Crippen molar-refractivity contribution in [3.8, 4) is 0 Å². The Morgan fingerprint density at radius 3 is 2.26 bits per heavy atom. The van der Waals surface area contributed by atoms with Crippen molar-refractivity contribution >= 4 is 0 Å². The summed E-state index contributed by atoms with van der Waals surface area (Å²) in [4.78, 5) is 2.63.